The van der Waals surface area contributed by atoms with Gasteiger partial charge in [0.25, 0.3) is 11.8 Å². The summed E-state index contributed by atoms with van der Waals surface area (Å²) in [4.78, 5) is 32.4. The summed E-state index contributed by atoms with van der Waals surface area (Å²) >= 11 is 0. The Labute approximate surface area is 149 Å². The molecule has 0 aliphatic carbocycles. The number of nitrogens with one attached hydrogen (secondary N) is 2. The molecule has 7 heteroatoms. The number of amides is 2. The molecule has 6 nitrogen and oxygen atoms in total. The minimum absolute atomic E-state index is 0.197. The number of carbonyl (C=O) groups excluding carboxylic acids is 2. The van der Waals surface area contributed by atoms with Crippen LogP contribution in [0, 0.1) is 5.82 Å². The van der Waals surface area contributed by atoms with Crippen LogP contribution in [0.4, 0.5) is 10.1 Å². The highest BCUT2D eigenvalue weighted by Crippen LogP contribution is 2.12. The fourth-order valence-electron chi connectivity index (χ4n) is 2.24. The fourth-order valence-corrected chi connectivity index (χ4v) is 2.24. The van der Waals surface area contributed by atoms with Crippen LogP contribution in [0.25, 0.3) is 0 Å². The number of carbonyl (C=O) groups is 2. The molecule has 0 saturated heterocycles. The Balaban J connectivity index is 1.67. The number of nitrogens with zero attached hydrogens (tertiary/aromatic N) is 2. The predicted molar refractivity (Wildman–Crippen MR) is 94.0 cm³/mol. The van der Waals surface area contributed by atoms with E-state index in [1.165, 1.54) is 36.7 Å². The van der Waals surface area contributed by atoms with Gasteiger partial charge in [0, 0.05) is 37.0 Å². The Morgan fingerprint density at radius 1 is 0.923 bits per heavy atom. The molecule has 2 amide bonds. The summed E-state index contributed by atoms with van der Waals surface area (Å²) in [6, 6.07) is 10.6. The Morgan fingerprint density at radius 3 is 2.46 bits per heavy atom. The molecule has 2 N–H and O–H groups in total. The highest BCUT2D eigenvalue weighted by molar-refractivity contribution is 6.05. The third-order valence-corrected chi connectivity index (χ3v) is 3.52. The lowest BCUT2D eigenvalue weighted by Crippen LogP contribution is -2.23. The van der Waals surface area contributed by atoms with Crippen molar-refractivity contribution >= 4 is 17.5 Å². The van der Waals surface area contributed by atoms with Crippen molar-refractivity contribution in [1.82, 2.24) is 15.3 Å². The van der Waals surface area contributed by atoms with Crippen LogP contribution in [-0.2, 0) is 6.54 Å². The standard InChI is InChI=1S/C19H15FN4O2/c20-16-4-1-5-17(8-16)24-19(26)15-7-14(11-22-12-15)18(25)23-10-13-3-2-6-21-9-13/h1-9,11-12H,10H2,(H,23,25)(H,24,26). The zero-order valence-electron chi connectivity index (χ0n) is 13.6. The van der Waals surface area contributed by atoms with Gasteiger partial charge in [-0.2, -0.15) is 0 Å². The van der Waals surface area contributed by atoms with Crippen molar-refractivity contribution in [3.8, 4) is 0 Å². The van der Waals surface area contributed by atoms with Crippen molar-refractivity contribution in [3.05, 3.63) is 89.8 Å². The van der Waals surface area contributed by atoms with Gasteiger partial charge in [-0.15, -0.1) is 0 Å². The van der Waals surface area contributed by atoms with E-state index in [2.05, 4.69) is 20.6 Å². The SMILES string of the molecule is O=C(NCc1cccnc1)c1cncc(C(=O)Nc2cccc(F)c2)c1. The maximum Gasteiger partial charge on any atom is 0.257 e. The topological polar surface area (TPSA) is 84.0 Å². The minimum Gasteiger partial charge on any atom is -0.348 e. The zero-order valence-corrected chi connectivity index (χ0v) is 13.6. The van der Waals surface area contributed by atoms with Gasteiger partial charge in [0.2, 0.25) is 0 Å². The van der Waals surface area contributed by atoms with Crippen LogP contribution in [-0.4, -0.2) is 21.8 Å². The van der Waals surface area contributed by atoms with E-state index in [4.69, 9.17) is 0 Å². The molecule has 0 aliphatic heterocycles. The highest BCUT2D eigenvalue weighted by Gasteiger charge is 2.12. The van der Waals surface area contributed by atoms with E-state index >= 15 is 0 Å². The summed E-state index contributed by atoms with van der Waals surface area (Å²) in [6.45, 7) is 0.312. The normalized spacial score (nSPS) is 10.2. The molecule has 2 heterocycles. The van der Waals surface area contributed by atoms with Crippen LogP contribution >= 0.6 is 0 Å². The average Bonchev–Trinajstić information content (AvgIpc) is 2.67. The summed E-state index contributed by atoms with van der Waals surface area (Å²) in [6.07, 6.45) is 6.02. The van der Waals surface area contributed by atoms with Crippen LogP contribution in [0.2, 0.25) is 0 Å². The van der Waals surface area contributed by atoms with Gasteiger partial charge < -0.3 is 10.6 Å². The molecule has 3 aromatic rings. The molecule has 0 unspecified atom stereocenters. The molecule has 2 aromatic heterocycles. The monoisotopic (exact) mass is 350 g/mol. The average molecular weight is 350 g/mol. The largest absolute Gasteiger partial charge is 0.348 e. The van der Waals surface area contributed by atoms with Crippen LogP contribution in [0.1, 0.15) is 26.3 Å². The van der Waals surface area contributed by atoms with Gasteiger partial charge in [-0.05, 0) is 35.9 Å². The Morgan fingerprint density at radius 2 is 1.73 bits per heavy atom. The molecule has 0 aliphatic rings. The van der Waals surface area contributed by atoms with Gasteiger partial charge in [0.1, 0.15) is 5.82 Å². The lowest BCUT2D eigenvalue weighted by molar-refractivity contribution is 0.0950. The van der Waals surface area contributed by atoms with Crippen molar-refractivity contribution in [3.63, 3.8) is 0 Å². The Hall–Kier alpha value is -3.61. The van der Waals surface area contributed by atoms with Gasteiger partial charge in [-0.25, -0.2) is 4.39 Å². The highest BCUT2D eigenvalue weighted by atomic mass is 19.1. The number of rotatable bonds is 5. The second kappa shape index (κ2) is 7.98. The van der Waals surface area contributed by atoms with E-state index in [1.807, 2.05) is 6.07 Å². The number of aromatic nitrogens is 2. The summed E-state index contributed by atoms with van der Waals surface area (Å²) in [5, 5.41) is 5.30. The van der Waals surface area contributed by atoms with Gasteiger partial charge >= 0.3 is 0 Å². The van der Waals surface area contributed by atoms with E-state index in [1.54, 1.807) is 24.5 Å². The Kier molecular flexibility index (Phi) is 5.28. The fraction of sp³-hybridized carbons (Fsp3) is 0.0526. The van der Waals surface area contributed by atoms with Gasteiger partial charge in [-0.3, -0.25) is 19.6 Å². The van der Waals surface area contributed by atoms with Gasteiger partial charge in [-0.1, -0.05) is 12.1 Å². The number of hydrogen-bond donors (Lipinski definition) is 2. The third-order valence-electron chi connectivity index (χ3n) is 3.52. The molecule has 0 radical (unpaired) electrons. The van der Waals surface area contributed by atoms with Crippen LogP contribution < -0.4 is 10.6 Å². The van der Waals surface area contributed by atoms with Crippen molar-refractivity contribution in [2.75, 3.05) is 5.32 Å². The number of halogens is 1. The lowest BCUT2D eigenvalue weighted by Gasteiger charge is -2.08. The maximum absolute atomic E-state index is 13.2. The molecule has 0 spiro atoms. The molecule has 26 heavy (non-hydrogen) atoms. The summed E-state index contributed by atoms with van der Waals surface area (Å²) < 4.78 is 13.2. The van der Waals surface area contributed by atoms with Crippen molar-refractivity contribution in [1.29, 1.82) is 0 Å². The molecular formula is C19H15FN4O2. The summed E-state index contributed by atoms with van der Waals surface area (Å²) in [5.41, 5.74) is 1.62. The first-order chi connectivity index (χ1) is 12.6. The quantitative estimate of drug-likeness (QED) is 0.741. The van der Waals surface area contributed by atoms with E-state index in [0.29, 0.717) is 12.2 Å². The van der Waals surface area contributed by atoms with Crippen molar-refractivity contribution in [2.45, 2.75) is 6.54 Å². The lowest BCUT2D eigenvalue weighted by atomic mass is 10.1. The van der Waals surface area contributed by atoms with E-state index in [-0.39, 0.29) is 17.0 Å². The summed E-state index contributed by atoms with van der Waals surface area (Å²) in [7, 11) is 0. The van der Waals surface area contributed by atoms with E-state index in [9.17, 15) is 14.0 Å². The number of hydrogen-bond acceptors (Lipinski definition) is 4. The third kappa shape index (κ3) is 4.47. The van der Waals surface area contributed by atoms with Gasteiger partial charge in [0.15, 0.2) is 0 Å². The van der Waals surface area contributed by atoms with Crippen LogP contribution in [0.3, 0.4) is 0 Å². The molecule has 0 atom stereocenters. The first-order valence-corrected chi connectivity index (χ1v) is 7.81. The number of anilines is 1. The smallest absolute Gasteiger partial charge is 0.257 e. The minimum atomic E-state index is -0.481. The maximum atomic E-state index is 13.2. The molecule has 0 bridgehead atoms. The van der Waals surface area contributed by atoms with E-state index < -0.39 is 11.7 Å². The molecule has 0 fully saturated rings. The molecule has 130 valence electrons. The Bertz CT molecular complexity index is 932. The van der Waals surface area contributed by atoms with Crippen LogP contribution in [0.5, 0.6) is 0 Å². The molecule has 0 saturated carbocycles. The second-order valence-electron chi connectivity index (χ2n) is 5.47. The zero-order chi connectivity index (χ0) is 18.4. The van der Waals surface area contributed by atoms with Gasteiger partial charge in [0.05, 0.1) is 11.1 Å². The van der Waals surface area contributed by atoms with Crippen molar-refractivity contribution in [2.24, 2.45) is 0 Å². The van der Waals surface area contributed by atoms with Crippen LogP contribution in [0.15, 0.2) is 67.3 Å². The molecule has 1 aromatic carbocycles. The first-order valence-electron chi connectivity index (χ1n) is 7.81. The molecule has 3 rings (SSSR count). The number of pyridine rings is 2. The summed E-state index contributed by atoms with van der Waals surface area (Å²) in [5.74, 6) is -1.30. The first kappa shape index (κ1) is 17.2. The van der Waals surface area contributed by atoms with Crippen molar-refractivity contribution < 1.29 is 14.0 Å². The van der Waals surface area contributed by atoms with E-state index in [0.717, 1.165) is 5.56 Å². The molecular weight excluding hydrogens is 335 g/mol. The number of benzene rings is 1. The predicted octanol–water partition coefficient (Wildman–Crippen LogP) is 2.80. The second-order valence-corrected chi connectivity index (χ2v) is 5.47.